The number of hydrogen-bond acceptors (Lipinski definition) is 6. The van der Waals surface area contributed by atoms with Crippen molar-refractivity contribution in [3.63, 3.8) is 0 Å². The van der Waals surface area contributed by atoms with Crippen molar-refractivity contribution in [2.24, 2.45) is 4.99 Å². The van der Waals surface area contributed by atoms with Gasteiger partial charge in [0, 0.05) is 28.2 Å². The first-order chi connectivity index (χ1) is 13.0. The highest BCUT2D eigenvalue weighted by atomic mass is 79.9. The Morgan fingerprint density at radius 2 is 2.04 bits per heavy atom. The number of cyclic esters (lactones) is 1. The third kappa shape index (κ3) is 4.48. The van der Waals surface area contributed by atoms with Gasteiger partial charge in [-0.25, -0.2) is 9.79 Å². The Labute approximate surface area is 162 Å². The summed E-state index contributed by atoms with van der Waals surface area (Å²) in [5.41, 5.74) is 1.37. The number of hydrogen-bond donors (Lipinski definition) is 0. The molecule has 136 valence electrons. The first-order valence-corrected chi connectivity index (χ1v) is 8.54. The van der Waals surface area contributed by atoms with E-state index in [0.29, 0.717) is 16.9 Å². The van der Waals surface area contributed by atoms with Gasteiger partial charge in [0.05, 0.1) is 12.0 Å². The van der Waals surface area contributed by atoms with Crippen molar-refractivity contribution in [3.8, 4) is 5.75 Å². The molecule has 0 saturated heterocycles. The van der Waals surface area contributed by atoms with E-state index in [-0.39, 0.29) is 17.3 Å². The maximum absolute atomic E-state index is 12.0. The number of carbonyl (C=O) groups excluding carboxylic acids is 1. The lowest BCUT2D eigenvalue weighted by Crippen LogP contribution is -2.01. The van der Waals surface area contributed by atoms with E-state index < -0.39 is 10.9 Å². The monoisotopic (exact) mass is 428 g/mol. The summed E-state index contributed by atoms with van der Waals surface area (Å²) >= 11 is 3.37. The zero-order valence-corrected chi connectivity index (χ0v) is 15.7. The molecule has 0 atom stereocenters. The SMILES string of the molecule is COc1ccc(Br)cc1/C=C1N=C(/C=C/c2cccc([N+](=O)[O-])c2)OC/1=O. The number of nitro benzene ring substituents is 1. The molecule has 2 aromatic rings. The normalized spacial score (nSPS) is 15.1. The highest BCUT2D eigenvalue weighted by Crippen LogP contribution is 2.27. The third-order valence-electron chi connectivity index (χ3n) is 3.62. The molecule has 0 saturated carbocycles. The van der Waals surface area contributed by atoms with Crippen LogP contribution < -0.4 is 4.74 Å². The van der Waals surface area contributed by atoms with Crippen molar-refractivity contribution >= 4 is 45.6 Å². The molecule has 7 nitrogen and oxygen atoms in total. The fourth-order valence-corrected chi connectivity index (χ4v) is 2.75. The number of methoxy groups -OCH3 is 1. The van der Waals surface area contributed by atoms with Gasteiger partial charge in [0.1, 0.15) is 5.75 Å². The van der Waals surface area contributed by atoms with Gasteiger partial charge in [-0.3, -0.25) is 10.1 Å². The Morgan fingerprint density at radius 3 is 2.78 bits per heavy atom. The summed E-state index contributed by atoms with van der Waals surface area (Å²) in [5, 5.41) is 10.8. The molecule has 0 bridgehead atoms. The van der Waals surface area contributed by atoms with Crippen LogP contribution >= 0.6 is 15.9 Å². The van der Waals surface area contributed by atoms with E-state index >= 15 is 0 Å². The predicted molar refractivity (Wildman–Crippen MR) is 104 cm³/mol. The van der Waals surface area contributed by atoms with Crippen molar-refractivity contribution in [2.75, 3.05) is 7.11 Å². The van der Waals surface area contributed by atoms with Crippen molar-refractivity contribution in [2.45, 2.75) is 0 Å². The average Bonchev–Trinajstić information content (AvgIpc) is 3.00. The van der Waals surface area contributed by atoms with Crippen molar-refractivity contribution in [1.29, 1.82) is 0 Å². The smallest absolute Gasteiger partial charge is 0.363 e. The van der Waals surface area contributed by atoms with Crippen LogP contribution in [0, 0.1) is 10.1 Å². The van der Waals surface area contributed by atoms with Crippen LogP contribution in [0.1, 0.15) is 11.1 Å². The second-order valence-corrected chi connectivity index (χ2v) is 6.36. The summed E-state index contributed by atoms with van der Waals surface area (Å²) in [6.45, 7) is 0. The lowest BCUT2D eigenvalue weighted by Gasteiger charge is -2.04. The molecule has 0 aromatic heterocycles. The fraction of sp³-hybridized carbons (Fsp3) is 0.0526. The third-order valence-corrected chi connectivity index (χ3v) is 4.11. The zero-order valence-electron chi connectivity index (χ0n) is 14.1. The highest BCUT2D eigenvalue weighted by molar-refractivity contribution is 9.10. The summed E-state index contributed by atoms with van der Waals surface area (Å²) in [4.78, 5) is 26.5. The Morgan fingerprint density at radius 1 is 1.22 bits per heavy atom. The number of rotatable bonds is 5. The van der Waals surface area contributed by atoms with Gasteiger partial charge < -0.3 is 9.47 Å². The van der Waals surface area contributed by atoms with Crippen molar-refractivity contribution < 1.29 is 19.2 Å². The van der Waals surface area contributed by atoms with Crippen molar-refractivity contribution in [3.05, 3.63) is 80.0 Å². The van der Waals surface area contributed by atoms with Crippen LogP contribution in [0.5, 0.6) is 5.75 Å². The Kier molecular flexibility index (Phi) is 5.46. The van der Waals surface area contributed by atoms with Crippen molar-refractivity contribution in [1.82, 2.24) is 0 Å². The molecule has 1 heterocycles. The Balaban J connectivity index is 1.85. The van der Waals surface area contributed by atoms with Crippen LogP contribution in [0.15, 0.2) is 63.7 Å². The Bertz CT molecular complexity index is 1010. The van der Waals surface area contributed by atoms with Gasteiger partial charge in [0.25, 0.3) is 5.69 Å². The quantitative estimate of drug-likeness (QED) is 0.305. The van der Waals surface area contributed by atoms with E-state index in [1.807, 2.05) is 6.07 Å². The molecule has 0 N–H and O–H groups in total. The van der Waals surface area contributed by atoms with Crippen LogP contribution in [0.25, 0.3) is 12.2 Å². The van der Waals surface area contributed by atoms with Gasteiger partial charge in [-0.2, -0.15) is 0 Å². The topological polar surface area (TPSA) is 91.0 Å². The number of nitrogens with zero attached hydrogens (tertiary/aromatic N) is 2. The molecule has 27 heavy (non-hydrogen) atoms. The Hall–Kier alpha value is -3.26. The van der Waals surface area contributed by atoms with Crippen LogP contribution in [-0.2, 0) is 9.53 Å². The van der Waals surface area contributed by atoms with E-state index in [1.54, 1.807) is 36.4 Å². The summed E-state index contributed by atoms with van der Waals surface area (Å²) in [6, 6.07) is 11.5. The number of benzene rings is 2. The standard InChI is InChI=1S/C19H13BrN2O5/c1-26-17-7-6-14(20)10-13(17)11-16-19(23)27-18(21-16)8-5-12-3-2-4-15(9-12)22(24)25/h2-11H,1H3/b8-5+,16-11+. The molecule has 1 aliphatic rings. The second-order valence-electron chi connectivity index (χ2n) is 5.44. The van der Waals surface area contributed by atoms with Gasteiger partial charge in [0.2, 0.25) is 5.90 Å². The number of ether oxygens (including phenoxy) is 2. The number of halogens is 1. The van der Waals surface area contributed by atoms with Gasteiger partial charge in [0.15, 0.2) is 5.70 Å². The van der Waals surface area contributed by atoms with Gasteiger partial charge >= 0.3 is 5.97 Å². The van der Waals surface area contributed by atoms with E-state index in [4.69, 9.17) is 9.47 Å². The van der Waals surface area contributed by atoms with Crippen LogP contribution in [0.3, 0.4) is 0 Å². The van der Waals surface area contributed by atoms with Crippen LogP contribution in [0.2, 0.25) is 0 Å². The lowest BCUT2D eigenvalue weighted by atomic mass is 10.1. The van der Waals surface area contributed by atoms with E-state index in [9.17, 15) is 14.9 Å². The first kappa shape index (κ1) is 18.5. The number of non-ortho nitro benzene ring substituents is 1. The lowest BCUT2D eigenvalue weighted by molar-refractivity contribution is -0.384. The molecule has 3 rings (SSSR count). The number of carbonyl (C=O) groups is 1. The summed E-state index contributed by atoms with van der Waals surface area (Å²) in [6.07, 6.45) is 4.64. The molecule has 0 fully saturated rings. The molecule has 2 aromatic carbocycles. The summed E-state index contributed by atoms with van der Waals surface area (Å²) in [7, 11) is 1.54. The minimum absolute atomic E-state index is 0.0233. The number of aliphatic imine (C=N–C) groups is 1. The van der Waals surface area contributed by atoms with E-state index in [1.165, 1.54) is 25.3 Å². The molecule has 0 unspecified atom stereocenters. The predicted octanol–water partition coefficient (Wildman–Crippen LogP) is 4.38. The first-order valence-electron chi connectivity index (χ1n) is 7.75. The minimum Gasteiger partial charge on any atom is -0.496 e. The van der Waals surface area contributed by atoms with E-state index in [0.717, 1.165) is 4.47 Å². The molecule has 1 aliphatic heterocycles. The molecule has 0 aliphatic carbocycles. The maximum atomic E-state index is 12.0. The molecular weight excluding hydrogens is 416 g/mol. The van der Waals surface area contributed by atoms with E-state index in [2.05, 4.69) is 20.9 Å². The fourth-order valence-electron chi connectivity index (χ4n) is 2.37. The molecule has 8 heteroatoms. The molecular formula is C19H13BrN2O5. The molecule has 0 spiro atoms. The van der Waals surface area contributed by atoms with Gasteiger partial charge in [-0.1, -0.05) is 28.1 Å². The minimum atomic E-state index is -0.587. The summed E-state index contributed by atoms with van der Waals surface area (Å²) < 4.78 is 11.2. The highest BCUT2D eigenvalue weighted by Gasteiger charge is 2.21. The van der Waals surface area contributed by atoms with Gasteiger partial charge in [-0.05, 0) is 35.9 Å². The number of nitro groups is 1. The maximum Gasteiger partial charge on any atom is 0.363 e. The second kappa shape index (κ2) is 7.96. The summed E-state index contributed by atoms with van der Waals surface area (Å²) in [5.74, 6) is 0.108. The van der Waals surface area contributed by atoms with Crippen LogP contribution in [-0.4, -0.2) is 23.9 Å². The van der Waals surface area contributed by atoms with Crippen LogP contribution in [0.4, 0.5) is 5.69 Å². The zero-order chi connectivity index (χ0) is 19.4. The largest absolute Gasteiger partial charge is 0.496 e. The molecule has 0 amide bonds. The number of esters is 1. The van der Waals surface area contributed by atoms with Gasteiger partial charge in [-0.15, -0.1) is 0 Å². The average molecular weight is 429 g/mol. The molecule has 0 radical (unpaired) electrons.